The molecule has 20 heavy (non-hydrogen) atoms. The van der Waals surface area contributed by atoms with Crippen LogP contribution in [0.15, 0.2) is 34.8 Å². The van der Waals surface area contributed by atoms with Crippen molar-refractivity contribution in [1.82, 2.24) is 0 Å². The molecular weight excluding hydrogens is 314 g/mol. The highest BCUT2D eigenvalue weighted by atomic mass is 79.9. The van der Waals surface area contributed by atoms with Crippen LogP contribution in [0.1, 0.15) is 33.9 Å². The van der Waals surface area contributed by atoms with Crippen molar-refractivity contribution in [3.63, 3.8) is 0 Å². The number of benzene rings is 2. The predicted molar refractivity (Wildman–Crippen MR) is 87.4 cm³/mol. The van der Waals surface area contributed by atoms with E-state index in [1.165, 1.54) is 5.56 Å². The molecule has 0 fully saturated rings. The summed E-state index contributed by atoms with van der Waals surface area (Å²) in [5.74, 6) is 0.904. The summed E-state index contributed by atoms with van der Waals surface area (Å²) in [6, 6.07) is 10.2. The highest BCUT2D eigenvalue weighted by molar-refractivity contribution is 9.10. The third-order valence-electron chi connectivity index (χ3n) is 3.68. The smallest absolute Gasteiger partial charge is 0.122 e. The molecule has 0 heterocycles. The summed E-state index contributed by atoms with van der Waals surface area (Å²) < 4.78 is 6.44. The maximum Gasteiger partial charge on any atom is 0.122 e. The Kier molecular flexibility index (Phi) is 4.51. The van der Waals surface area contributed by atoms with Gasteiger partial charge >= 0.3 is 0 Å². The Morgan fingerprint density at radius 1 is 1.00 bits per heavy atom. The fourth-order valence-electron chi connectivity index (χ4n) is 2.44. The van der Waals surface area contributed by atoms with Crippen LogP contribution in [0.4, 0.5) is 0 Å². The number of halogens is 1. The monoisotopic (exact) mass is 333 g/mol. The molecule has 3 heteroatoms. The lowest BCUT2D eigenvalue weighted by Crippen LogP contribution is -2.14. The van der Waals surface area contributed by atoms with E-state index in [2.05, 4.69) is 48.0 Å². The van der Waals surface area contributed by atoms with E-state index in [4.69, 9.17) is 10.5 Å². The lowest BCUT2D eigenvalue weighted by atomic mass is 9.93. The second kappa shape index (κ2) is 5.98. The van der Waals surface area contributed by atoms with Gasteiger partial charge in [-0.05, 0) is 54.7 Å². The van der Waals surface area contributed by atoms with Crippen LogP contribution >= 0.6 is 15.9 Å². The van der Waals surface area contributed by atoms with Crippen molar-refractivity contribution in [2.45, 2.75) is 26.8 Å². The lowest BCUT2D eigenvalue weighted by molar-refractivity contribution is 0.411. The van der Waals surface area contributed by atoms with E-state index >= 15 is 0 Å². The van der Waals surface area contributed by atoms with Gasteiger partial charge in [0.15, 0.2) is 0 Å². The van der Waals surface area contributed by atoms with E-state index in [-0.39, 0.29) is 6.04 Å². The molecule has 0 radical (unpaired) electrons. The van der Waals surface area contributed by atoms with Gasteiger partial charge in [-0.15, -0.1) is 0 Å². The summed E-state index contributed by atoms with van der Waals surface area (Å²) in [6.07, 6.45) is 0. The van der Waals surface area contributed by atoms with E-state index in [9.17, 15) is 0 Å². The fraction of sp³-hybridized carbons (Fsp3) is 0.294. The van der Waals surface area contributed by atoms with Crippen LogP contribution < -0.4 is 10.5 Å². The van der Waals surface area contributed by atoms with E-state index in [0.29, 0.717) is 0 Å². The summed E-state index contributed by atoms with van der Waals surface area (Å²) in [6.45, 7) is 6.19. The molecule has 0 aliphatic heterocycles. The average Bonchev–Trinajstić information content (AvgIpc) is 2.43. The number of rotatable bonds is 3. The zero-order valence-corrected chi connectivity index (χ0v) is 13.9. The Morgan fingerprint density at radius 2 is 1.70 bits per heavy atom. The lowest BCUT2D eigenvalue weighted by Gasteiger charge is -2.19. The summed E-state index contributed by atoms with van der Waals surface area (Å²) in [4.78, 5) is 0. The maximum absolute atomic E-state index is 6.48. The Hall–Kier alpha value is -1.32. The molecule has 2 rings (SSSR count). The molecule has 0 bridgehead atoms. The number of hydrogen-bond acceptors (Lipinski definition) is 2. The van der Waals surface area contributed by atoms with Crippen molar-refractivity contribution in [2.24, 2.45) is 5.73 Å². The fourth-order valence-corrected chi connectivity index (χ4v) is 2.96. The molecule has 2 aromatic rings. The van der Waals surface area contributed by atoms with Gasteiger partial charge in [0.05, 0.1) is 13.2 Å². The van der Waals surface area contributed by atoms with Gasteiger partial charge in [-0.2, -0.15) is 0 Å². The zero-order chi connectivity index (χ0) is 14.9. The van der Waals surface area contributed by atoms with E-state index in [0.717, 1.165) is 32.5 Å². The van der Waals surface area contributed by atoms with Gasteiger partial charge in [0.2, 0.25) is 0 Å². The summed E-state index contributed by atoms with van der Waals surface area (Å²) in [7, 11) is 1.69. The van der Waals surface area contributed by atoms with Crippen LogP contribution in [0, 0.1) is 20.8 Å². The van der Waals surface area contributed by atoms with Crippen LogP contribution in [0.2, 0.25) is 0 Å². The number of nitrogens with two attached hydrogens (primary N) is 1. The van der Waals surface area contributed by atoms with Gasteiger partial charge in [0, 0.05) is 4.47 Å². The average molecular weight is 334 g/mol. The molecule has 0 spiro atoms. The minimum Gasteiger partial charge on any atom is -0.496 e. The third-order valence-corrected chi connectivity index (χ3v) is 4.76. The third kappa shape index (κ3) is 2.74. The molecule has 0 aromatic heterocycles. The van der Waals surface area contributed by atoms with Crippen molar-refractivity contribution in [3.05, 3.63) is 62.6 Å². The van der Waals surface area contributed by atoms with Crippen LogP contribution in [0.25, 0.3) is 0 Å². The predicted octanol–water partition coefficient (Wildman–Crippen LogP) is 4.43. The zero-order valence-electron chi connectivity index (χ0n) is 12.3. The first-order chi connectivity index (χ1) is 9.45. The Labute approximate surface area is 129 Å². The van der Waals surface area contributed by atoms with Crippen molar-refractivity contribution < 1.29 is 4.74 Å². The molecule has 0 aliphatic rings. The van der Waals surface area contributed by atoms with Gasteiger partial charge in [-0.1, -0.05) is 40.2 Å². The van der Waals surface area contributed by atoms with Gasteiger partial charge in [0.1, 0.15) is 5.75 Å². The largest absolute Gasteiger partial charge is 0.496 e. The number of methoxy groups -OCH3 is 1. The minimum absolute atomic E-state index is 0.145. The molecule has 0 aliphatic carbocycles. The topological polar surface area (TPSA) is 35.2 Å². The maximum atomic E-state index is 6.48. The molecule has 2 aromatic carbocycles. The molecular formula is C17H20BrNO. The molecule has 1 unspecified atom stereocenters. The van der Waals surface area contributed by atoms with Gasteiger partial charge in [0.25, 0.3) is 0 Å². The molecule has 2 nitrogen and oxygen atoms in total. The number of ether oxygens (including phenoxy) is 1. The normalized spacial score (nSPS) is 12.3. The van der Waals surface area contributed by atoms with Gasteiger partial charge in [-0.3, -0.25) is 0 Å². The van der Waals surface area contributed by atoms with E-state index < -0.39 is 0 Å². The van der Waals surface area contributed by atoms with Crippen molar-refractivity contribution in [2.75, 3.05) is 7.11 Å². The molecule has 0 saturated heterocycles. The summed E-state index contributed by atoms with van der Waals surface area (Å²) >= 11 is 3.64. The molecule has 106 valence electrons. The second-order valence-corrected chi connectivity index (χ2v) is 5.93. The molecule has 0 amide bonds. The standard InChI is InChI=1S/C17H20BrNO/c1-10-6-5-7-13(16(10)18)17(19)14-8-12(3)15(20-4)9-11(14)2/h5-9,17H,19H2,1-4H3. The molecule has 1 atom stereocenters. The summed E-state index contributed by atoms with van der Waals surface area (Å²) in [5, 5.41) is 0. The van der Waals surface area contributed by atoms with E-state index in [1.54, 1.807) is 7.11 Å². The summed E-state index contributed by atoms with van der Waals surface area (Å²) in [5.41, 5.74) is 12.2. The Bertz CT molecular complexity index is 637. The first-order valence-electron chi connectivity index (χ1n) is 6.61. The van der Waals surface area contributed by atoms with Crippen molar-refractivity contribution >= 4 is 15.9 Å². The highest BCUT2D eigenvalue weighted by Crippen LogP contribution is 2.33. The van der Waals surface area contributed by atoms with Crippen molar-refractivity contribution in [3.8, 4) is 5.75 Å². The van der Waals surface area contributed by atoms with Crippen LogP contribution in [-0.4, -0.2) is 7.11 Å². The van der Waals surface area contributed by atoms with Gasteiger partial charge in [-0.25, -0.2) is 0 Å². The second-order valence-electron chi connectivity index (χ2n) is 5.13. The van der Waals surface area contributed by atoms with Crippen LogP contribution in [0.3, 0.4) is 0 Å². The first kappa shape index (κ1) is 15.1. The molecule has 2 N–H and O–H groups in total. The molecule has 0 saturated carbocycles. The number of aryl methyl sites for hydroxylation is 3. The Morgan fingerprint density at radius 3 is 2.35 bits per heavy atom. The number of hydrogen-bond donors (Lipinski definition) is 1. The first-order valence-corrected chi connectivity index (χ1v) is 7.40. The van der Waals surface area contributed by atoms with E-state index in [1.807, 2.05) is 19.1 Å². The van der Waals surface area contributed by atoms with Crippen LogP contribution in [0.5, 0.6) is 5.75 Å². The van der Waals surface area contributed by atoms with Crippen LogP contribution in [-0.2, 0) is 0 Å². The van der Waals surface area contributed by atoms with Gasteiger partial charge < -0.3 is 10.5 Å². The quantitative estimate of drug-likeness (QED) is 0.901. The highest BCUT2D eigenvalue weighted by Gasteiger charge is 2.16. The van der Waals surface area contributed by atoms with Crippen molar-refractivity contribution in [1.29, 1.82) is 0 Å². The SMILES string of the molecule is COc1cc(C)c(C(N)c2cccc(C)c2Br)cc1C. The Balaban J connectivity index is 2.51. The minimum atomic E-state index is -0.145.